The molecular weight excluding hydrogens is 388 g/mol. The fourth-order valence-electron chi connectivity index (χ4n) is 4.48. The van der Waals surface area contributed by atoms with E-state index in [2.05, 4.69) is 22.2 Å². The van der Waals surface area contributed by atoms with Crippen LogP contribution in [-0.4, -0.2) is 54.7 Å². The van der Waals surface area contributed by atoms with E-state index in [0.29, 0.717) is 34.3 Å². The van der Waals surface area contributed by atoms with Crippen LogP contribution >= 0.6 is 0 Å². The van der Waals surface area contributed by atoms with E-state index in [4.69, 9.17) is 0 Å². The van der Waals surface area contributed by atoms with Crippen molar-refractivity contribution < 1.29 is 13.2 Å². The molecule has 1 atom stereocenters. The van der Waals surface area contributed by atoms with Gasteiger partial charge in [0.25, 0.3) is 5.91 Å². The number of carbonyl (C=O) groups excluding carboxylic acids is 1. The number of likely N-dealkylation sites (tertiary alicyclic amines) is 1. The topological polar surface area (TPSA) is 84.3 Å². The van der Waals surface area contributed by atoms with Crippen LogP contribution in [0.3, 0.4) is 0 Å². The third-order valence-electron chi connectivity index (χ3n) is 6.02. The molecule has 1 amide bonds. The summed E-state index contributed by atoms with van der Waals surface area (Å²) >= 11 is 0. The van der Waals surface area contributed by atoms with Crippen LogP contribution in [0.25, 0.3) is 11.3 Å². The molecule has 8 heteroatoms. The van der Waals surface area contributed by atoms with Crippen molar-refractivity contribution in [2.24, 2.45) is 7.05 Å². The van der Waals surface area contributed by atoms with Crippen LogP contribution in [-0.2, 0) is 22.6 Å². The summed E-state index contributed by atoms with van der Waals surface area (Å²) in [6.07, 6.45) is 4.65. The van der Waals surface area contributed by atoms with Gasteiger partial charge in [-0.05, 0) is 38.8 Å². The normalized spacial score (nSPS) is 20.7. The largest absolute Gasteiger partial charge is 0.351 e. The summed E-state index contributed by atoms with van der Waals surface area (Å²) in [7, 11) is -1.73. The maximum absolute atomic E-state index is 12.8. The monoisotopic (exact) mass is 416 g/mol. The first-order valence-corrected chi connectivity index (χ1v) is 11.9. The molecule has 2 aromatic rings. The first-order chi connectivity index (χ1) is 13.9. The molecule has 0 radical (unpaired) electrons. The molecule has 1 fully saturated rings. The molecule has 2 aliphatic heterocycles. The van der Waals surface area contributed by atoms with Gasteiger partial charge >= 0.3 is 0 Å². The van der Waals surface area contributed by atoms with Crippen molar-refractivity contribution in [2.45, 2.75) is 49.3 Å². The number of sulfone groups is 1. The zero-order valence-electron chi connectivity index (χ0n) is 17.0. The Hall–Kier alpha value is -2.19. The number of hydrogen-bond acceptors (Lipinski definition) is 5. The first kappa shape index (κ1) is 20.1. The highest BCUT2D eigenvalue weighted by atomic mass is 32.2. The minimum absolute atomic E-state index is 0.193. The van der Waals surface area contributed by atoms with Crippen molar-refractivity contribution in [2.75, 3.05) is 19.6 Å². The Labute approximate surface area is 172 Å². The number of nitrogens with zero attached hydrogens (tertiary/aromatic N) is 3. The summed E-state index contributed by atoms with van der Waals surface area (Å²) in [5, 5.41) is 7.30. The molecule has 29 heavy (non-hydrogen) atoms. The molecule has 156 valence electrons. The number of benzene rings is 1. The van der Waals surface area contributed by atoms with Gasteiger partial charge in [0.15, 0.2) is 15.5 Å². The SMILES string of the molecule is C[C@H]1CCCCN1CCCNC(=O)c1nn(C)c2c1CS(=O)(=O)c1ccccc1-2. The molecular formula is C21H28N4O3S. The van der Waals surface area contributed by atoms with E-state index in [0.717, 1.165) is 19.5 Å². The van der Waals surface area contributed by atoms with Gasteiger partial charge in [-0.15, -0.1) is 0 Å². The minimum Gasteiger partial charge on any atom is -0.351 e. The van der Waals surface area contributed by atoms with E-state index in [1.165, 1.54) is 19.3 Å². The van der Waals surface area contributed by atoms with Crippen molar-refractivity contribution in [3.05, 3.63) is 35.5 Å². The van der Waals surface area contributed by atoms with E-state index in [-0.39, 0.29) is 17.4 Å². The average molecular weight is 417 g/mol. The molecule has 0 unspecified atom stereocenters. The summed E-state index contributed by atoms with van der Waals surface area (Å²) in [5.74, 6) is -0.496. The average Bonchev–Trinajstić information content (AvgIpc) is 3.02. The third-order valence-corrected chi connectivity index (χ3v) is 7.72. The molecule has 0 aliphatic carbocycles. The van der Waals surface area contributed by atoms with Gasteiger partial charge < -0.3 is 10.2 Å². The van der Waals surface area contributed by atoms with Gasteiger partial charge in [-0.25, -0.2) is 8.42 Å². The fourth-order valence-corrected chi connectivity index (χ4v) is 6.08. The van der Waals surface area contributed by atoms with Crippen molar-refractivity contribution in [1.29, 1.82) is 0 Å². The molecule has 4 rings (SSSR count). The smallest absolute Gasteiger partial charge is 0.272 e. The molecule has 1 aromatic heterocycles. The van der Waals surface area contributed by atoms with Gasteiger partial charge in [0.05, 0.1) is 16.3 Å². The first-order valence-electron chi connectivity index (χ1n) is 10.3. The summed E-state index contributed by atoms with van der Waals surface area (Å²) in [6.45, 7) is 4.90. The van der Waals surface area contributed by atoms with Crippen LogP contribution in [0.4, 0.5) is 0 Å². The number of aryl methyl sites for hydroxylation is 1. The summed E-state index contributed by atoms with van der Waals surface area (Å²) < 4.78 is 27.0. The van der Waals surface area contributed by atoms with Crippen LogP contribution < -0.4 is 5.32 Å². The van der Waals surface area contributed by atoms with Gasteiger partial charge in [0, 0.05) is 37.3 Å². The number of rotatable bonds is 5. The Balaban J connectivity index is 1.47. The second kappa shape index (κ2) is 7.91. The maximum Gasteiger partial charge on any atom is 0.272 e. The second-order valence-corrected chi connectivity index (χ2v) is 10.0. The zero-order valence-corrected chi connectivity index (χ0v) is 17.8. The van der Waals surface area contributed by atoms with E-state index < -0.39 is 9.84 Å². The van der Waals surface area contributed by atoms with Gasteiger partial charge in [-0.1, -0.05) is 24.6 Å². The Kier molecular flexibility index (Phi) is 5.48. The standard InChI is InChI=1S/C21H28N4O3S/c1-15-8-5-6-12-25(15)13-7-11-22-21(26)19-17-14-29(27,28)18-10-4-3-9-16(18)20(17)24(2)23-19/h3-4,9-10,15H,5-8,11-14H2,1-2H3,(H,22,26)/t15-/m0/s1. The number of hydrogen-bond donors (Lipinski definition) is 1. The Morgan fingerprint density at radius 3 is 2.86 bits per heavy atom. The fraction of sp³-hybridized carbons (Fsp3) is 0.524. The lowest BCUT2D eigenvalue weighted by Crippen LogP contribution is -2.39. The molecule has 1 N–H and O–H groups in total. The minimum atomic E-state index is -3.48. The molecule has 0 bridgehead atoms. The van der Waals surface area contributed by atoms with E-state index in [1.807, 2.05) is 0 Å². The van der Waals surface area contributed by atoms with Gasteiger partial charge in [-0.3, -0.25) is 9.48 Å². The summed E-state index contributed by atoms with van der Waals surface area (Å²) in [5.41, 5.74) is 2.03. The lowest BCUT2D eigenvalue weighted by molar-refractivity contribution is 0.0942. The van der Waals surface area contributed by atoms with Crippen molar-refractivity contribution in [3.63, 3.8) is 0 Å². The molecule has 0 spiro atoms. The highest BCUT2D eigenvalue weighted by Gasteiger charge is 2.34. The molecule has 7 nitrogen and oxygen atoms in total. The van der Waals surface area contributed by atoms with E-state index in [1.54, 1.807) is 36.0 Å². The molecule has 2 aliphatic rings. The molecule has 0 saturated carbocycles. The van der Waals surface area contributed by atoms with Crippen LogP contribution in [0.2, 0.25) is 0 Å². The summed E-state index contributed by atoms with van der Waals surface area (Å²) in [6, 6.07) is 7.51. The number of fused-ring (bicyclic) bond motifs is 3. The third kappa shape index (κ3) is 3.83. The Morgan fingerprint density at radius 2 is 2.07 bits per heavy atom. The molecule has 3 heterocycles. The van der Waals surface area contributed by atoms with E-state index in [9.17, 15) is 13.2 Å². The molecule has 1 saturated heterocycles. The summed E-state index contributed by atoms with van der Waals surface area (Å²) in [4.78, 5) is 15.6. The van der Waals surface area contributed by atoms with Crippen LogP contribution in [0.5, 0.6) is 0 Å². The zero-order chi connectivity index (χ0) is 20.6. The quantitative estimate of drug-likeness (QED) is 0.757. The van der Waals surface area contributed by atoms with Gasteiger partial charge in [-0.2, -0.15) is 5.10 Å². The van der Waals surface area contributed by atoms with Crippen LogP contribution in [0.1, 0.15) is 48.7 Å². The number of piperidine rings is 1. The van der Waals surface area contributed by atoms with Crippen molar-refractivity contribution >= 4 is 15.7 Å². The van der Waals surface area contributed by atoms with Crippen molar-refractivity contribution in [1.82, 2.24) is 20.0 Å². The second-order valence-electron chi connectivity index (χ2n) is 8.04. The Bertz CT molecular complexity index is 1030. The number of carbonyl (C=O) groups is 1. The number of nitrogens with one attached hydrogen (secondary N) is 1. The Morgan fingerprint density at radius 1 is 1.28 bits per heavy atom. The predicted molar refractivity (Wildman–Crippen MR) is 111 cm³/mol. The number of amides is 1. The van der Waals surface area contributed by atoms with E-state index >= 15 is 0 Å². The molecule has 1 aromatic carbocycles. The van der Waals surface area contributed by atoms with Gasteiger partial charge in [0.1, 0.15) is 0 Å². The highest BCUT2D eigenvalue weighted by molar-refractivity contribution is 7.90. The lowest BCUT2D eigenvalue weighted by Gasteiger charge is -2.33. The lowest BCUT2D eigenvalue weighted by atomic mass is 10.0. The van der Waals surface area contributed by atoms with Crippen molar-refractivity contribution in [3.8, 4) is 11.3 Å². The number of aromatic nitrogens is 2. The van der Waals surface area contributed by atoms with Gasteiger partial charge in [0.2, 0.25) is 0 Å². The highest BCUT2D eigenvalue weighted by Crippen LogP contribution is 2.38. The van der Waals surface area contributed by atoms with Crippen LogP contribution in [0.15, 0.2) is 29.2 Å². The maximum atomic E-state index is 12.8. The predicted octanol–water partition coefficient (Wildman–Crippen LogP) is 2.37. The van der Waals surface area contributed by atoms with Crippen LogP contribution in [0, 0.1) is 0 Å².